The van der Waals surface area contributed by atoms with Crippen molar-refractivity contribution < 1.29 is 18.8 Å². The summed E-state index contributed by atoms with van der Waals surface area (Å²) in [6, 6.07) is 20.3. The van der Waals surface area contributed by atoms with Gasteiger partial charge in [0.05, 0.1) is 11.4 Å². The van der Waals surface area contributed by atoms with Gasteiger partial charge in [-0.15, -0.1) is 11.8 Å². The van der Waals surface area contributed by atoms with Gasteiger partial charge in [-0.05, 0) is 53.9 Å². The van der Waals surface area contributed by atoms with E-state index >= 15 is 0 Å². The topological polar surface area (TPSA) is 69.7 Å². The maximum atomic E-state index is 13.9. The van der Waals surface area contributed by atoms with Crippen molar-refractivity contribution in [3.8, 4) is 0 Å². The van der Waals surface area contributed by atoms with Gasteiger partial charge < -0.3 is 5.32 Å². The molecule has 8 heteroatoms. The number of thioether (sulfide) groups is 1. The maximum absolute atomic E-state index is 13.9. The minimum atomic E-state index is -1.34. The van der Waals surface area contributed by atoms with Crippen molar-refractivity contribution in [1.82, 2.24) is 0 Å². The summed E-state index contributed by atoms with van der Waals surface area (Å²) in [5.74, 6) is -0.916. The molecule has 1 saturated heterocycles. The van der Waals surface area contributed by atoms with Crippen molar-refractivity contribution >= 4 is 46.5 Å². The fourth-order valence-corrected chi connectivity index (χ4v) is 5.96. The van der Waals surface area contributed by atoms with Gasteiger partial charge in [0.25, 0.3) is 5.91 Å². The predicted molar refractivity (Wildman–Crippen MR) is 136 cm³/mol. The van der Waals surface area contributed by atoms with Gasteiger partial charge in [-0.25, -0.2) is 4.39 Å². The Morgan fingerprint density at radius 1 is 1.03 bits per heavy atom. The number of nitrogens with one attached hydrogen (secondary N) is 1. The third-order valence-electron chi connectivity index (χ3n) is 6.31. The Balaban J connectivity index is 1.46. The van der Waals surface area contributed by atoms with E-state index in [-0.39, 0.29) is 30.0 Å². The second-order valence-corrected chi connectivity index (χ2v) is 10.0. The van der Waals surface area contributed by atoms with Crippen LogP contribution in [-0.4, -0.2) is 30.0 Å². The predicted octanol–water partition coefficient (Wildman–Crippen LogP) is 4.87. The third kappa shape index (κ3) is 3.87. The quantitative estimate of drug-likeness (QED) is 0.555. The Morgan fingerprint density at radius 2 is 1.71 bits per heavy atom. The van der Waals surface area contributed by atoms with Gasteiger partial charge in [-0.2, -0.15) is 0 Å². The smallest absolute Gasteiger partial charge is 0.269 e. The van der Waals surface area contributed by atoms with Crippen molar-refractivity contribution in [1.29, 1.82) is 0 Å². The first kappa shape index (κ1) is 23.1. The summed E-state index contributed by atoms with van der Waals surface area (Å²) in [5, 5.41) is 2.86. The molecule has 2 heterocycles. The minimum absolute atomic E-state index is 0.0969. The van der Waals surface area contributed by atoms with E-state index in [1.54, 1.807) is 24.3 Å². The number of nitrogens with zero attached hydrogens (tertiary/aromatic N) is 2. The average molecular weight is 490 g/mol. The van der Waals surface area contributed by atoms with E-state index in [1.807, 2.05) is 24.3 Å². The Hall–Kier alpha value is -3.65. The fourth-order valence-electron chi connectivity index (χ4n) is 4.60. The number of rotatable bonds is 5. The van der Waals surface area contributed by atoms with E-state index in [2.05, 4.69) is 19.2 Å². The van der Waals surface area contributed by atoms with Crippen LogP contribution < -0.4 is 15.1 Å². The van der Waals surface area contributed by atoms with Crippen LogP contribution in [0.5, 0.6) is 0 Å². The van der Waals surface area contributed by atoms with Crippen molar-refractivity contribution in [3.05, 3.63) is 89.7 Å². The molecule has 0 aliphatic carbocycles. The molecule has 0 aromatic heterocycles. The van der Waals surface area contributed by atoms with Crippen LogP contribution in [0.25, 0.3) is 0 Å². The number of para-hydroxylation sites is 1. The van der Waals surface area contributed by atoms with E-state index in [0.29, 0.717) is 28.5 Å². The molecule has 1 atom stereocenters. The van der Waals surface area contributed by atoms with Crippen molar-refractivity contribution in [2.45, 2.75) is 24.6 Å². The highest BCUT2D eigenvalue weighted by Crippen LogP contribution is 2.55. The number of carbonyl (C=O) groups is 3. The molecule has 0 bridgehead atoms. The highest BCUT2D eigenvalue weighted by Gasteiger charge is 2.61. The normalized spacial score (nSPS) is 19.1. The number of fused-ring (bicyclic) bond motifs is 2. The molecule has 35 heavy (non-hydrogen) atoms. The third-order valence-corrected chi connectivity index (χ3v) is 7.70. The van der Waals surface area contributed by atoms with Gasteiger partial charge in [0.15, 0.2) is 0 Å². The average Bonchev–Trinajstić information content (AvgIpc) is 3.31. The van der Waals surface area contributed by atoms with E-state index < -0.39 is 10.7 Å². The van der Waals surface area contributed by atoms with Gasteiger partial charge in [0.2, 0.25) is 16.7 Å². The van der Waals surface area contributed by atoms with Gasteiger partial charge in [-0.1, -0.05) is 44.2 Å². The van der Waals surface area contributed by atoms with Crippen LogP contribution in [0.1, 0.15) is 30.9 Å². The zero-order valence-electron chi connectivity index (χ0n) is 19.3. The lowest BCUT2D eigenvalue weighted by Gasteiger charge is -2.33. The summed E-state index contributed by atoms with van der Waals surface area (Å²) in [6.07, 6.45) is 0. The van der Waals surface area contributed by atoms with Crippen LogP contribution in [0.3, 0.4) is 0 Å². The second-order valence-electron chi connectivity index (χ2n) is 8.87. The highest BCUT2D eigenvalue weighted by atomic mass is 32.2. The first-order valence-electron chi connectivity index (χ1n) is 11.3. The first-order valence-corrected chi connectivity index (χ1v) is 12.3. The number of hydrogen-bond acceptors (Lipinski definition) is 4. The monoisotopic (exact) mass is 489 g/mol. The molecule has 1 fully saturated rings. The van der Waals surface area contributed by atoms with Crippen LogP contribution in [0.2, 0.25) is 0 Å². The zero-order chi connectivity index (χ0) is 24.7. The van der Waals surface area contributed by atoms with Crippen LogP contribution in [-0.2, 0) is 19.3 Å². The molecular formula is C27H24FN3O3S. The van der Waals surface area contributed by atoms with Crippen LogP contribution in [0, 0.1) is 5.82 Å². The molecule has 6 nitrogen and oxygen atoms in total. The summed E-state index contributed by atoms with van der Waals surface area (Å²) in [5.41, 5.74) is 3.46. The minimum Gasteiger partial charge on any atom is -0.325 e. The molecule has 2 aliphatic heterocycles. The summed E-state index contributed by atoms with van der Waals surface area (Å²) in [4.78, 5) is 41.4. The Bertz CT molecular complexity index is 1310. The molecule has 0 unspecified atom stereocenters. The SMILES string of the molecule is CC(C)c1ccc(NC(=O)CN2C(=O)[C@]3(SCC(=O)N3c3ccc(F)cc3)c3ccccc32)cc1. The number of hydrogen-bond donors (Lipinski definition) is 1. The largest absolute Gasteiger partial charge is 0.325 e. The molecule has 5 rings (SSSR count). The lowest BCUT2D eigenvalue weighted by molar-refractivity contribution is -0.124. The van der Waals surface area contributed by atoms with Crippen molar-refractivity contribution in [2.24, 2.45) is 0 Å². The molecule has 3 amide bonds. The van der Waals surface area contributed by atoms with Crippen LogP contribution in [0.4, 0.5) is 21.5 Å². The number of halogens is 1. The Kier molecular flexibility index (Phi) is 5.84. The molecular weight excluding hydrogens is 465 g/mol. The van der Waals surface area contributed by atoms with Gasteiger partial charge in [0.1, 0.15) is 12.4 Å². The Morgan fingerprint density at radius 3 is 2.40 bits per heavy atom. The molecule has 0 radical (unpaired) electrons. The number of amides is 3. The summed E-state index contributed by atoms with van der Waals surface area (Å²) >= 11 is 1.22. The summed E-state index contributed by atoms with van der Waals surface area (Å²) in [7, 11) is 0. The van der Waals surface area contributed by atoms with E-state index in [1.165, 1.54) is 45.8 Å². The zero-order valence-corrected chi connectivity index (χ0v) is 20.1. The van der Waals surface area contributed by atoms with Gasteiger partial charge in [0, 0.05) is 16.9 Å². The molecule has 0 saturated carbocycles. The molecule has 3 aromatic carbocycles. The van der Waals surface area contributed by atoms with E-state index in [0.717, 1.165) is 5.56 Å². The van der Waals surface area contributed by atoms with Gasteiger partial charge >= 0.3 is 0 Å². The Labute approximate surface area is 207 Å². The lowest BCUT2D eigenvalue weighted by atomic mass is 10.0. The highest BCUT2D eigenvalue weighted by molar-refractivity contribution is 8.02. The number of carbonyl (C=O) groups excluding carboxylic acids is 3. The number of benzene rings is 3. The molecule has 2 aliphatic rings. The first-order chi connectivity index (χ1) is 16.8. The fraction of sp³-hybridized carbons (Fsp3) is 0.222. The molecule has 178 valence electrons. The van der Waals surface area contributed by atoms with Crippen molar-refractivity contribution in [2.75, 3.05) is 27.4 Å². The standard InChI is InChI=1S/C27H24FN3O3S/c1-17(2)18-7-11-20(12-8-18)29-24(32)15-30-23-6-4-3-5-22(23)27(26(30)34)31(25(33)16-35-27)21-13-9-19(28)10-14-21/h3-14,17H,15-16H2,1-2H3,(H,29,32)/t27-/m1/s1. The maximum Gasteiger partial charge on any atom is 0.269 e. The lowest BCUT2D eigenvalue weighted by Crippen LogP contribution is -2.50. The second kappa shape index (κ2) is 8.85. The molecule has 1 N–H and O–H groups in total. The van der Waals surface area contributed by atoms with Crippen LogP contribution >= 0.6 is 11.8 Å². The van der Waals surface area contributed by atoms with E-state index in [9.17, 15) is 18.8 Å². The molecule has 3 aromatic rings. The van der Waals surface area contributed by atoms with Gasteiger partial charge in [-0.3, -0.25) is 24.2 Å². The van der Waals surface area contributed by atoms with Crippen LogP contribution in [0.15, 0.2) is 72.8 Å². The summed E-state index contributed by atoms with van der Waals surface area (Å²) < 4.78 is 13.6. The number of anilines is 3. The van der Waals surface area contributed by atoms with E-state index in [4.69, 9.17) is 0 Å². The van der Waals surface area contributed by atoms with Crippen molar-refractivity contribution in [3.63, 3.8) is 0 Å². The summed E-state index contributed by atoms with van der Waals surface area (Å²) in [6.45, 7) is 4.00. The molecule has 1 spiro atoms.